The molecule has 12 heteroatoms. The van der Waals surface area contributed by atoms with E-state index < -0.39 is 27.5 Å². The molecule has 1 aromatic carbocycles. The Morgan fingerprint density at radius 2 is 1.90 bits per heavy atom. The number of likely N-dealkylation sites (tertiary alicyclic amines) is 1. The fourth-order valence-corrected chi connectivity index (χ4v) is 5.28. The van der Waals surface area contributed by atoms with Crippen LogP contribution in [0, 0.1) is 0 Å². The lowest BCUT2D eigenvalue weighted by Crippen LogP contribution is -2.74. The molecule has 1 saturated heterocycles. The largest absolute Gasteiger partial charge is 0.493 e. The summed E-state index contributed by atoms with van der Waals surface area (Å²) in [4.78, 5) is 14.8. The molecule has 4 atom stereocenters. The maximum atomic E-state index is 12.6. The lowest BCUT2D eigenvalue weighted by molar-refractivity contribution is -0.151. The van der Waals surface area contributed by atoms with Crippen LogP contribution in [0.2, 0.25) is 0 Å². The predicted octanol–water partition coefficient (Wildman–Crippen LogP) is -1.48. The molecule has 0 saturated carbocycles. The molecule has 0 aromatic heterocycles. The summed E-state index contributed by atoms with van der Waals surface area (Å²) >= 11 is 0. The van der Waals surface area contributed by atoms with Gasteiger partial charge in [-0.15, -0.1) is 0 Å². The SMILES string of the molecule is COc1ccc2c3c1OC1C(=O)C=C[C@@]4(O)[C@@H](C2)N(C)CC[C@]314.O.O.O=S(=O)(O)O. The van der Waals surface area contributed by atoms with Gasteiger partial charge in [-0.2, -0.15) is 8.42 Å². The van der Waals surface area contributed by atoms with Crippen LogP contribution in [0.5, 0.6) is 11.5 Å². The first kappa shape index (κ1) is 24.2. The highest BCUT2D eigenvalue weighted by Gasteiger charge is 2.71. The Labute approximate surface area is 173 Å². The third kappa shape index (κ3) is 3.12. The average molecular weight is 447 g/mol. The number of hydrogen-bond donors (Lipinski definition) is 3. The van der Waals surface area contributed by atoms with Gasteiger partial charge in [0.2, 0.25) is 0 Å². The van der Waals surface area contributed by atoms with E-state index in [1.54, 1.807) is 13.2 Å². The average Bonchev–Trinajstić information content (AvgIpc) is 2.95. The predicted molar refractivity (Wildman–Crippen MR) is 104 cm³/mol. The van der Waals surface area contributed by atoms with Crippen molar-refractivity contribution >= 4 is 16.2 Å². The van der Waals surface area contributed by atoms with Gasteiger partial charge in [-0.05, 0) is 50.2 Å². The minimum absolute atomic E-state index is 0. The smallest absolute Gasteiger partial charge is 0.394 e. The summed E-state index contributed by atoms with van der Waals surface area (Å²) in [6, 6.07) is 3.92. The molecule has 1 aromatic rings. The zero-order chi connectivity index (χ0) is 20.5. The number of rotatable bonds is 1. The van der Waals surface area contributed by atoms with Crippen molar-refractivity contribution in [3.8, 4) is 11.5 Å². The van der Waals surface area contributed by atoms with E-state index in [0.29, 0.717) is 17.9 Å². The van der Waals surface area contributed by atoms with Crippen LogP contribution in [0.4, 0.5) is 0 Å². The molecule has 2 aliphatic heterocycles. The van der Waals surface area contributed by atoms with Gasteiger partial charge in [-0.3, -0.25) is 18.8 Å². The molecule has 1 unspecified atom stereocenters. The molecule has 0 radical (unpaired) electrons. The lowest BCUT2D eigenvalue weighted by Gasteiger charge is -2.60. The fraction of sp³-hybridized carbons (Fsp3) is 0.500. The van der Waals surface area contributed by atoms with Crippen LogP contribution in [0.25, 0.3) is 0 Å². The van der Waals surface area contributed by atoms with E-state index in [0.717, 1.165) is 24.1 Å². The van der Waals surface area contributed by atoms with Crippen molar-refractivity contribution in [2.75, 3.05) is 20.7 Å². The number of hydrogen-bond acceptors (Lipinski definition) is 7. The van der Waals surface area contributed by atoms with Crippen molar-refractivity contribution in [1.82, 2.24) is 4.90 Å². The first-order valence-electron chi connectivity index (χ1n) is 8.75. The minimum atomic E-state index is -4.67. The molecule has 0 amide bonds. The second kappa shape index (κ2) is 7.57. The number of ether oxygens (including phenoxy) is 2. The molecule has 5 rings (SSSR count). The number of benzene rings is 1. The summed E-state index contributed by atoms with van der Waals surface area (Å²) in [6.07, 6.45) is 4.00. The van der Waals surface area contributed by atoms with Gasteiger partial charge in [0.15, 0.2) is 23.4 Å². The summed E-state index contributed by atoms with van der Waals surface area (Å²) in [5.74, 6) is 1.22. The molecular formula is C18H25NO10S. The number of ketones is 1. The van der Waals surface area contributed by atoms with Gasteiger partial charge in [-0.1, -0.05) is 6.07 Å². The molecule has 1 fully saturated rings. The lowest BCUT2D eigenvalue weighted by atomic mass is 9.51. The maximum Gasteiger partial charge on any atom is 0.394 e. The Bertz CT molecular complexity index is 985. The summed E-state index contributed by atoms with van der Waals surface area (Å²) in [5.41, 5.74) is 0.385. The van der Waals surface area contributed by atoms with E-state index in [9.17, 15) is 9.90 Å². The molecule has 4 aliphatic rings. The number of carbonyl (C=O) groups excluding carboxylic acids is 1. The van der Waals surface area contributed by atoms with Crippen LogP contribution in [-0.4, -0.2) is 82.7 Å². The summed E-state index contributed by atoms with van der Waals surface area (Å²) in [7, 11) is -1.02. The van der Waals surface area contributed by atoms with Crippen molar-refractivity contribution < 1.29 is 47.9 Å². The second-order valence-electron chi connectivity index (χ2n) is 7.56. The standard InChI is InChI=1S/C18H19NO4.H2O4S.2H2O/c1-19-8-7-17-14-10-3-4-12(22-2)15(14)23-16(17)11(20)5-6-18(17,21)13(19)9-10;1-5(2,3)4;;/h3-6,13,16,21H,7-9H2,1-2H3;(H2,1,2,3,4);2*1H2/t13-,16?,17+,18-;;;/m1.../s1. The summed E-state index contributed by atoms with van der Waals surface area (Å²) in [5, 5.41) is 11.7. The van der Waals surface area contributed by atoms with Gasteiger partial charge in [0.25, 0.3) is 0 Å². The Morgan fingerprint density at radius 3 is 2.50 bits per heavy atom. The number of likely N-dealkylation sites (N-methyl/N-ethyl adjacent to an activating group) is 1. The van der Waals surface area contributed by atoms with E-state index in [-0.39, 0.29) is 22.8 Å². The number of carbonyl (C=O) groups is 1. The van der Waals surface area contributed by atoms with E-state index in [2.05, 4.69) is 11.0 Å². The molecular weight excluding hydrogens is 422 g/mol. The van der Waals surface area contributed by atoms with Crippen LogP contribution in [0.15, 0.2) is 24.3 Å². The number of nitrogens with zero attached hydrogens (tertiary/aromatic N) is 1. The van der Waals surface area contributed by atoms with Gasteiger partial charge in [0, 0.05) is 11.6 Å². The zero-order valence-corrected chi connectivity index (χ0v) is 17.1. The van der Waals surface area contributed by atoms with E-state index in [1.165, 1.54) is 6.08 Å². The Hall–Kier alpha value is -2.06. The third-order valence-corrected chi connectivity index (χ3v) is 6.34. The highest BCUT2D eigenvalue weighted by molar-refractivity contribution is 7.79. The van der Waals surface area contributed by atoms with Crippen molar-refractivity contribution in [3.63, 3.8) is 0 Å². The summed E-state index contributed by atoms with van der Waals surface area (Å²) in [6.45, 7) is 0.837. The van der Waals surface area contributed by atoms with Gasteiger partial charge >= 0.3 is 10.4 Å². The molecule has 2 aliphatic carbocycles. The number of methoxy groups -OCH3 is 1. The van der Waals surface area contributed by atoms with Gasteiger partial charge in [0.05, 0.1) is 12.5 Å². The Balaban J connectivity index is 0.000000415. The first-order chi connectivity index (χ1) is 13.0. The second-order valence-corrected chi connectivity index (χ2v) is 8.46. The van der Waals surface area contributed by atoms with Crippen LogP contribution in [0.3, 0.4) is 0 Å². The van der Waals surface area contributed by atoms with Crippen molar-refractivity contribution in [1.29, 1.82) is 0 Å². The summed E-state index contributed by atoms with van der Waals surface area (Å²) < 4.78 is 43.1. The molecule has 1 spiro atoms. The Kier molecular flexibility index (Phi) is 6.11. The quantitative estimate of drug-likeness (QED) is 0.430. The molecule has 30 heavy (non-hydrogen) atoms. The maximum absolute atomic E-state index is 12.6. The first-order valence-corrected chi connectivity index (χ1v) is 10.1. The van der Waals surface area contributed by atoms with Crippen LogP contribution >= 0.6 is 0 Å². The van der Waals surface area contributed by atoms with Gasteiger partial charge in [-0.25, -0.2) is 0 Å². The van der Waals surface area contributed by atoms with Crippen molar-refractivity contribution in [2.45, 2.75) is 36.0 Å². The van der Waals surface area contributed by atoms with Gasteiger partial charge in [0.1, 0.15) is 5.60 Å². The van der Waals surface area contributed by atoms with E-state index in [4.69, 9.17) is 27.0 Å². The van der Waals surface area contributed by atoms with Gasteiger partial charge < -0.3 is 25.5 Å². The topological polar surface area (TPSA) is 197 Å². The van der Waals surface area contributed by atoms with Crippen molar-refractivity contribution in [3.05, 3.63) is 35.4 Å². The monoisotopic (exact) mass is 447 g/mol. The highest BCUT2D eigenvalue weighted by atomic mass is 32.3. The van der Waals surface area contributed by atoms with Crippen LogP contribution in [0.1, 0.15) is 17.5 Å². The molecule has 2 bridgehead atoms. The van der Waals surface area contributed by atoms with E-state index >= 15 is 0 Å². The molecule has 168 valence electrons. The molecule has 11 nitrogen and oxygen atoms in total. The number of aliphatic hydroxyl groups is 1. The normalized spacial score (nSPS) is 32.5. The molecule has 7 N–H and O–H groups in total. The Morgan fingerprint density at radius 1 is 1.27 bits per heavy atom. The van der Waals surface area contributed by atoms with Crippen LogP contribution < -0.4 is 9.47 Å². The molecule has 2 heterocycles. The minimum Gasteiger partial charge on any atom is -0.493 e. The highest BCUT2D eigenvalue weighted by Crippen LogP contribution is 2.63. The fourth-order valence-electron chi connectivity index (χ4n) is 5.28. The zero-order valence-electron chi connectivity index (χ0n) is 16.3. The van der Waals surface area contributed by atoms with Crippen molar-refractivity contribution in [2.24, 2.45) is 0 Å². The third-order valence-electron chi connectivity index (χ3n) is 6.34. The van der Waals surface area contributed by atoms with Crippen LogP contribution in [-0.2, 0) is 27.0 Å². The number of piperidine rings is 1. The van der Waals surface area contributed by atoms with E-state index in [1.807, 2.05) is 13.1 Å².